The molecule has 1 rings (SSSR count). The molecule has 10 heteroatoms. The molecule has 6 atom stereocenters. The monoisotopic (exact) mass is 308 g/mol. The average molecular weight is 307 g/mol. The maximum absolute atomic E-state index is 10.9. The van der Waals surface area contributed by atoms with Gasteiger partial charge in [-0.2, -0.15) is 0 Å². The van der Waals surface area contributed by atoms with Crippen LogP contribution in [-0.4, -0.2) is 82.9 Å². The van der Waals surface area contributed by atoms with Gasteiger partial charge in [0.05, 0.1) is 0 Å². The summed E-state index contributed by atoms with van der Waals surface area (Å²) in [7, 11) is 0. The Morgan fingerprint density at radius 3 is 1.38 bits per heavy atom. The zero-order chi connectivity index (χ0) is 12.9. The predicted octanol–water partition coefficient (Wildman–Crippen LogP) is -5.13. The van der Waals surface area contributed by atoms with Gasteiger partial charge >= 0.3 is 90.6 Å². The van der Waals surface area contributed by atoms with E-state index < -0.39 is 48.1 Å². The Bertz CT molecular complexity index is 348. The zero-order valence-corrected chi connectivity index (χ0v) is 9.46. The molecule has 0 bridgehead atoms. The molecular formula is C6H12O9Se. The third kappa shape index (κ3) is 1.68. The van der Waals surface area contributed by atoms with Crippen LogP contribution in [-0.2, 0) is 7.67 Å². The Hall–Kier alpha value is -0.161. The SMILES string of the molecule is O=[Se](=O)(O)C1(O)[C@H](O)[C@H](O)C(O)[C@H](O)[C@H]1O. The number of aliphatic hydroxyl groups is 6. The van der Waals surface area contributed by atoms with Crippen LogP contribution in [0, 0.1) is 0 Å². The van der Waals surface area contributed by atoms with Gasteiger partial charge in [0.25, 0.3) is 0 Å². The fourth-order valence-corrected chi connectivity index (χ4v) is 3.41. The average Bonchev–Trinajstić information content (AvgIpc) is 2.19. The maximum atomic E-state index is 10.9. The second-order valence-electron chi connectivity index (χ2n) is 3.59. The van der Waals surface area contributed by atoms with Gasteiger partial charge in [-0.3, -0.25) is 0 Å². The van der Waals surface area contributed by atoms with Crippen molar-refractivity contribution in [1.29, 1.82) is 0 Å². The second kappa shape index (κ2) is 3.95. The van der Waals surface area contributed by atoms with Crippen molar-refractivity contribution >= 4 is 13.0 Å². The van der Waals surface area contributed by atoms with E-state index in [0.29, 0.717) is 0 Å². The molecule has 0 radical (unpaired) electrons. The van der Waals surface area contributed by atoms with E-state index >= 15 is 0 Å². The fourth-order valence-electron chi connectivity index (χ4n) is 1.55. The Morgan fingerprint density at radius 2 is 1.12 bits per heavy atom. The Kier molecular flexibility index (Phi) is 3.43. The molecule has 1 aliphatic rings. The van der Waals surface area contributed by atoms with E-state index in [9.17, 15) is 23.0 Å². The van der Waals surface area contributed by atoms with Crippen molar-refractivity contribution in [3.8, 4) is 0 Å². The van der Waals surface area contributed by atoms with Crippen molar-refractivity contribution in [2.75, 3.05) is 0 Å². The molecule has 0 aromatic heterocycles. The van der Waals surface area contributed by atoms with E-state index in [2.05, 4.69) is 0 Å². The molecule has 1 aliphatic carbocycles. The number of rotatable bonds is 1. The second-order valence-corrected chi connectivity index (χ2v) is 6.95. The van der Waals surface area contributed by atoms with Gasteiger partial charge < -0.3 is 0 Å². The Morgan fingerprint density at radius 1 is 0.812 bits per heavy atom. The Labute approximate surface area is 91.2 Å². The molecule has 16 heavy (non-hydrogen) atoms. The topological polar surface area (TPSA) is 176 Å². The molecule has 2 unspecified atom stereocenters. The van der Waals surface area contributed by atoms with E-state index in [1.54, 1.807) is 0 Å². The van der Waals surface area contributed by atoms with Gasteiger partial charge in [0, 0.05) is 0 Å². The summed E-state index contributed by atoms with van der Waals surface area (Å²) in [5.74, 6) is 0. The molecule has 96 valence electrons. The van der Waals surface area contributed by atoms with Crippen molar-refractivity contribution in [2.45, 2.75) is 35.0 Å². The van der Waals surface area contributed by atoms with E-state index in [1.807, 2.05) is 0 Å². The van der Waals surface area contributed by atoms with Crippen LogP contribution < -0.4 is 0 Å². The van der Waals surface area contributed by atoms with Gasteiger partial charge in [-0.05, 0) is 0 Å². The third-order valence-corrected chi connectivity index (χ3v) is 5.35. The first-order chi connectivity index (χ1) is 7.05. The summed E-state index contributed by atoms with van der Waals surface area (Å²) >= 11 is -6.19. The number of aliphatic hydroxyl groups excluding tert-OH is 5. The summed E-state index contributed by atoms with van der Waals surface area (Å²) < 4.78 is 27.0. The standard InChI is InChI=1S/C6H12O9Se/c7-1-2(8)4(10)6(12,16(13,14)15)5(11)3(1)9/h1-5,7-12H,(H,13,14,15)/t1?,2-,3+,4-,5-,6?/m1/s1. The summed E-state index contributed by atoms with van der Waals surface area (Å²) in [4.78, 5) is 0. The van der Waals surface area contributed by atoms with Crippen molar-refractivity contribution in [1.82, 2.24) is 0 Å². The first-order valence-corrected chi connectivity index (χ1v) is 7.17. The molecule has 1 fully saturated rings. The van der Waals surface area contributed by atoms with E-state index in [0.717, 1.165) is 0 Å². The predicted molar refractivity (Wildman–Crippen MR) is 44.3 cm³/mol. The summed E-state index contributed by atoms with van der Waals surface area (Å²) in [6, 6.07) is 0. The first kappa shape index (κ1) is 13.9. The van der Waals surface area contributed by atoms with Gasteiger partial charge in [-0.25, -0.2) is 0 Å². The molecule has 0 heterocycles. The molecule has 7 N–H and O–H groups in total. The molecule has 0 spiro atoms. The molecule has 0 saturated heterocycles. The number of hydrogen-bond acceptors (Lipinski definition) is 8. The Balaban J connectivity index is 3.29. The van der Waals surface area contributed by atoms with Crippen molar-refractivity contribution < 1.29 is 42.5 Å². The summed E-state index contributed by atoms with van der Waals surface area (Å²) in [5, 5.41) is 55.3. The van der Waals surface area contributed by atoms with E-state index in [4.69, 9.17) is 19.5 Å². The first-order valence-electron chi connectivity index (χ1n) is 4.15. The molecule has 1 saturated carbocycles. The van der Waals surface area contributed by atoms with Gasteiger partial charge in [0.2, 0.25) is 0 Å². The zero-order valence-electron chi connectivity index (χ0n) is 7.74. The molecule has 0 aromatic carbocycles. The van der Waals surface area contributed by atoms with Crippen LogP contribution in [0.25, 0.3) is 0 Å². The van der Waals surface area contributed by atoms with Crippen molar-refractivity contribution in [3.05, 3.63) is 0 Å². The van der Waals surface area contributed by atoms with Crippen LogP contribution in [0.5, 0.6) is 0 Å². The number of hydrogen-bond donors (Lipinski definition) is 7. The normalized spacial score (nSPS) is 50.3. The van der Waals surface area contributed by atoms with Crippen LogP contribution in [0.1, 0.15) is 0 Å². The van der Waals surface area contributed by atoms with Gasteiger partial charge in [0.1, 0.15) is 0 Å². The van der Waals surface area contributed by atoms with Gasteiger partial charge in [0.15, 0.2) is 0 Å². The minimum atomic E-state index is -6.19. The van der Waals surface area contributed by atoms with Crippen LogP contribution in [0.15, 0.2) is 0 Å². The quantitative estimate of drug-likeness (QED) is 0.233. The minimum absolute atomic E-state index is 2.05. The third-order valence-electron chi connectivity index (χ3n) is 2.61. The van der Waals surface area contributed by atoms with Crippen molar-refractivity contribution in [3.63, 3.8) is 0 Å². The summed E-state index contributed by atoms with van der Waals surface area (Å²) in [6.07, 6.45) is -11.6. The van der Waals surface area contributed by atoms with Gasteiger partial charge in [-0.15, -0.1) is 0 Å². The van der Waals surface area contributed by atoms with E-state index in [-0.39, 0.29) is 0 Å². The summed E-state index contributed by atoms with van der Waals surface area (Å²) in [6.45, 7) is 0. The molecule has 9 nitrogen and oxygen atoms in total. The van der Waals surface area contributed by atoms with Crippen LogP contribution in [0.2, 0.25) is 0 Å². The molecule has 0 amide bonds. The van der Waals surface area contributed by atoms with Crippen LogP contribution in [0.4, 0.5) is 0 Å². The fraction of sp³-hybridized carbons (Fsp3) is 1.00. The molecular weight excluding hydrogens is 295 g/mol. The van der Waals surface area contributed by atoms with Crippen molar-refractivity contribution in [2.24, 2.45) is 0 Å². The van der Waals surface area contributed by atoms with Gasteiger partial charge in [-0.1, -0.05) is 0 Å². The molecule has 0 aromatic rings. The summed E-state index contributed by atoms with van der Waals surface area (Å²) in [5.41, 5.74) is 0. The van der Waals surface area contributed by atoms with E-state index in [1.165, 1.54) is 0 Å². The van der Waals surface area contributed by atoms with Crippen LogP contribution >= 0.6 is 0 Å². The van der Waals surface area contributed by atoms with Crippen LogP contribution in [0.3, 0.4) is 0 Å². The molecule has 0 aliphatic heterocycles.